The van der Waals surface area contributed by atoms with Gasteiger partial charge in [0.25, 0.3) is 5.91 Å². The number of fused-ring (bicyclic) bond motifs is 1. The van der Waals surface area contributed by atoms with Crippen molar-refractivity contribution in [2.24, 2.45) is 0 Å². The van der Waals surface area contributed by atoms with Crippen LogP contribution in [-0.2, 0) is 9.53 Å². The molecule has 2 aromatic rings. The molecule has 0 radical (unpaired) electrons. The maximum absolute atomic E-state index is 12.1. The van der Waals surface area contributed by atoms with Crippen LogP contribution >= 0.6 is 15.9 Å². The lowest BCUT2D eigenvalue weighted by atomic mass is 10.2. The van der Waals surface area contributed by atoms with Crippen LogP contribution in [0.3, 0.4) is 0 Å². The Morgan fingerprint density at radius 1 is 1.16 bits per heavy atom. The molecule has 7 nitrogen and oxygen atoms in total. The normalized spacial score (nSPS) is 15.2. The summed E-state index contributed by atoms with van der Waals surface area (Å²) in [4.78, 5) is 26.2. The summed E-state index contributed by atoms with van der Waals surface area (Å²) in [7, 11) is 0. The highest BCUT2D eigenvalue weighted by Crippen LogP contribution is 2.23. The van der Waals surface area contributed by atoms with Crippen LogP contribution in [0, 0.1) is 0 Å². The van der Waals surface area contributed by atoms with Gasteiger partial charge in [0.1, 0.15) is 5.58 Å². The molecule has 1 aromatic heterocycles. The number of hydrogen-bond donors (Lipinski definition) is 2. The number of carbonyl (C=O) groups is 2. The van der Waals surface area contributed by atoms with Gasteiger partial charge in [-0.15, -0.1) is 0 Å². The molecular weight excluding hydrogens is 390 g/mol. The molecule has 2 N–H and O–H groups in total. The van der Waals surface area contributed by atoms with E-state index >= 15 is 0 Å². The predicted octanol–water partition coefficient (Wildman–Crippen LogP) is 1.37. The van der Waals surface area contributed by atoms with E-state index in [4.69, 9.17) is 9.15 Å². The molecule has 1 aromatic carbocycles. The second-order valence-electron chi connectivity index (χ2n) is 5.78. The second-order valence-corrected chi connectivity index (χ2v) is 6.70. The zero-order valence-corrected chi connectivity index (χ0v) is 15.3. The number of morpholine rings is 1. The molecule has 0 atom stereocenters. The van der Waals surface area contributed by atoms with Crippen LogP contribution in [0.25, 0.3) is 11.0 Å². The second kappa shape index (κ2) is 8.46. The smallest absolute Gasteiger partial charge is 0.287 e. The van der Waals surface area contributed by atoms with Crippen molar-refractivity contribution in [2.75, 3.05) is 45.9 Å². The Morgan fingerprint density at radius 3 is 2.76 bits per heavy atom. The first-order valence-corrected chi connectivity index (χ1v) is 8.95. The SMILES string of the molecule is O=C(CNC(=O)c1cc2cc(Br)ccc2o1)NCCN1CCOCC1. The number of ether oxygens (including phenoxy) is 1. The molecule has 0 bridgehead atoms. The van der Waals surface area contributed by atoms with E-state index in [0.29, 0.717) is 12.1 Å². The summed E-state index contributed by atoms with van der Waals surface area (Å²) in [6.45, 7) is 4.48. The molecule has 8 heteroatoms. The average molecular weight is 410 g/mol. The minimum absolute atomic E-state index is 0.0807. The highest BCUT2D eigenvalue weighted by molar-refractivity contribution is 9.10. The number of nitrogens with one attached hydrogen (secondary N) is 2. The standard InChI is InChI=1S/C17H20BrN3O4/c18-13-1-2-14-12(9-13)10-15(25-14)17(23)20-11-16(22)19-3-4-21-5-7-24-8-6-21/h1-2,9-10H,3-8,11H2,(H,19,22)(H,20,23). The van der Waals surface area contributed by atoms with E-state index in [1.165, 1.54) is 0 Å². The largest absolute Gasteiger partial charge is 0.451 e. The Bertz CT molecular complexity index is 755. The third-order valence-electron chi connectivity index (χ3n) is 3.97. The average Bonchev–Trinajstić information content (AvgIpc) is 3.04. The van der Waals surface area contributed by atoms with E-state index in [1.807, 2.05) is 12.1 Å². The van der Waals surface area contributed by atoms with Crippen molar-refractivity contribution in [1.82, 2.24) is 15.5 Å². The number of carbonyl (C=O) groups excluding carboxylic acids is 2. The zero-order valence-electron chi connectivity index (χ0n) is 13.7. The maximum atomic E-state index is 12.1. The van der Waals surface area contributed by atoms with E-state index in [2.05, 4.69) is 31.5 Å². The number of hydrogen-bond acceptors (Lipinski definition) is 5. The summed E-state index contributed by atoms with van der Waals surface area (Å²) in [5.41, 5.74) is 0.628. The molecule has 2 amide bonds. The molecule has 1 saturated heterocycles. The van der Waals surface area contributed by atoms with Crippen LogP contribution in [0.1, 0.15) is 10.6 Å². The van der Waals surface area contributed by atoms with E-state index in [1.54, 1.807) is 12.1 Å². The third kappa shape index (κ3) is 5.04. The summed E-state index contributed by atoms with van der Waals surface area (Å²) in [6.07, 6.45) is 0. The lowest BCUT2D eigenvalue weighted by Gasteiger charge is -2.26. The van der Waals surface area contributed by atoms with Crippen molar-refractivity contribution >= 4 is 38.7 Å². The molecule has 134 valence electrons. The van der Waals surface area contributed by atoms with Crippen molar-refractivity contribution in [3.05, 3.63) is 34.5 Å². The van der Waals surface area contributed by atoms with Gasteiger partial charge in [0, 0.05) is 36.0 Å². The fourth-order valence-corrected chi connectivity index (χ4v) is 2.99. The highest BCUT2D eigenvalue weighted by atomic mass is 79.9. The lowest BCUT2D eigenvalue weighted by molar-refractivity contribution is -0.120. The van der Waals surface area contributed by atoms with E-state index in [0.717, 1.165) is 42.7 Å². The molecule has 0 unspecified atom stereocenters. The number of nitrogens with zero attached hydrogens (tertiary/aromatic N) is 1. The van der Waals surface area contributed by atoms with Gasteiger partial charge < -0.3 is 19.8 Å². The van der Waals surface area contributed by atoms with Gasteiger partial charge >= 0.3 is 0 Å². The fourth-order valence-electron chi connectivity index (χ4n) is 2.61. The fraction of sp³-hybridized carbons (Fsp3) is 0.412. The number of benzene rings is 1. The first kappa shape index (κ1) is 17.9. The molecule has 3 rings (SSSR count). The molecule has 1 aliphatic rings. The van der Waals surface area contributed by atoms with Crippen LogP contribution in [0.2, 0.25) is 0 Å². The number of halogens is 1. The summed E-state index contributed by atoms with van der Waals surface area (Å²) in [5, 5.41) is 6.20. The Morgan fingerprint density at radius 2 is 1.96 bits per heavy atom. The number of amides is 2. The zero-order chi connectivity index (χ0) is 17.6. The van der Waals surface area contributed by atoms with Gasteiger partial charge in [-0.3, -0.25) is 14.5 Å². The van der Waals surface area contributed by atoms with Crippen LogP contribution < -0.4 is 10.6 Å². The predicted molar refractivity (Wildman–Crippen MR) is 96.5 cm³/mol. The Hall–Kier alpha value is -1.90. The molecule has 0 spiro atoms. The monoisotopic (exact) mass is 409 g/mol. The summed E-state index contributed by atoms with van der Waals surface area (Å²) < 4.78 is 11.7. The Kier molecular flexibility index (Phi) is 6.06. The first-order valence-electron chi connectivity index (χ1n) is 8.16. The van der Waals surface area contributed by atoms with E-state index < -0.39 is 5.91 Å². The van der Waals surface area contributed by atoms with Crippen LogP contribution in [0.5, 0.6) is 0 Å². The van der Waals surface area contributed by atoms with Gasteiger partial charge in [0.05, 0.1) is 19.8 Å². The Balaban J connectivity index is 1.42. The van der Waals surface area contributed by atoms with Gasteiger partial charge in [0.15, 0.2) is 5.76 Å². The van der Waals surface area contributed by atoms with Crippen LogP contribution in [-0.4, -0.2) is 62.7 Å². The van der Waals surface area contributed by atoms with E-state index in [-0.39, 0.29) is 18.2 Å². The van der Waals surface area contributed by atoms with Gasteiger partial charge in [-0.2, -0.15) is 0 Å². The number of furan rings is 1. The minimum Gasteiger partial charge on any atom is -0.451 e. The molecular formula is C17H20BrN3O4. The Labute approximate surface area is 153 Å². The third-order valence-corrected chi connectivity index (χ3v) is 4.46. The maximum Gasteiger partial charge on any atom is 0.287 e. The minimum atomic E-state index is -0.407. The van der Waals surface area contributed by atoms with Crippen molar-refractivity contribution < 1.29 is 18.7 Å². The van der Waals surface area contributed by atoms with Crippen molar-refractivity contribution in [3.63, 3.8) is 0 Å². The van der Waals surface area contributed by atoms with Crippen molar-refractivity contribution in [1.29, 1.82) is 0 Å². The lowest BCUT2D eigenvalue weighted by Crippen LogP contribution is -2.43. The van der Waals surface area contributed by atoms with E-state index in [9.17, 15) is 9.59 Å². The van der Waals surface area contributed by atoms with Gasteiger partial charge in [0.2, 0.25) is 5.91 Å². The first-order chi connectivity index (χ1) is 12.1. The van der Waals surface area contributed by atoms with Crippen molar-refractivity contribution in [2.45, 2.75) is 0 Å². The van der Waals surface area contributed by atoms with Crippen LogP contribution in [0.4, 0.5) is 0 Å². The molecule has 1 aliphatic heterocycles. The number of rotatable bonds is 6. The molecule has 25 heavy (non-hydrogen) atoms. The van der Waals surface area contributed by atoms with Gasteiger partial charge in [-0.05, 0) is 24.3 Å². The summed E-state index contributed by atoms with van der Waals surface area (Å²) >= 11 is 3.38. The molecule has 0 saturated carbocycles. The molecule has 2 heterocycles. The summed E-state index contributed by atoms with van der Waals surface area (Å²) in [5.74, 6) is -0.440. The van der Waals surface area contributed by atoms with Crippen LogP contribution in [0.15, 0.2) is 33.2 Å². The molecule has 0 aliphatic carbocycles. The topological polar surface area (TPSA) is 83.8 Å². The quantitative estimate of drug-likeness (QED) is 0.752. The van der Waals surface area contributed by atoms with Gasteiger partial charge in [-0.1, -0.05) is 15.9 Å². The summed E-state index contributed by atoms with van der Waals surface area (Å²) in [6, 6.07) is 7.16. The van der Waals surface area contributed by atoms with Crippen molar-refractivity contribution in [3.8, 4) is 0 Å². The molecule has 1 fully saturated rings. The van der Waals surface area contributed by atoms with Gasteiger partial charge in [-0.25, -0.2) is 0 Å². The highest BCUT2D eigenvalue weighted by Gasteiger charge is 2.14.